The van der Waals surface area contributed by atoms with Crippen LogP contribution in [0.1, 0.15) is 52.8 Å². The van der Waals surface area contributed by atoms with Crippen LogP contribution in [0.25, 0.3) is 44.1 Å². The lowest BCUT2D eigenvalue weighted by Gasteiger charge is -2.12. The van der Waals surface area contributed by atoms with Crippen molar-refractivity contribution < 1.29 is 61.2 Å². The average molecular weight is 895 g/mol. The summed E-state index contributed by atoms with van der Waals surface area (Å²) in [6, 6.07) is 35.6. The number of benzene rings is 6. The molecule has 6 aromatic carbocycles. The molecule has 0 atom stereocenters. The minimum absolute atomic E-state index is 0. The summed E-state index contributed by atoms with van der Waals surface area (Å²) in [5.74, 6) is -2.98. The number of fused-ring (bicyclic) bond motifs is 2. The Bertz CT molecular complexity index is 2890. The topological polar surface area (TPSA) is 174 Å². The first-order valence-electron chi connectivity index (χ1n) is 19.1. The van der Waals surface area contributed by atoms with E-state index in [1.165, 1.54) is 36.4 Å². The summed E-state index contributed by atoms with van der Waals surface area (Å²) in [6.45, 7) is 0. The van der Waals surface area contributed by atoms with Gasteiger partial charge in [-0.2, -0.15) is 26.3 Å². The number of carboxylic acids is 2. The standard InChI is InChI=1S/2C24H17F3N2O3.H2O/c2*1-29-20-11-10-17(12-15(20)13-21(29)23(31)32)28-22(30)19-5-3-2-4-18(19)14-6-8-16(9-7-14)24(25,26)27;/h2*2-13H,1H3,(H,28,30)(H,31,32);1H2. The molecule has 0 aliphatic rings. The molecule has 11 nitrogen and oxygen atoms in total. The molecule has 17 heteroatoms. The summed E-state index contributed by atoms with van der Waals surface area (Å²) in [5.41, 5.74) is 3.59. The van der Waals surface area contributed by atoms with E-state index in [9.17, 15) is 55.7 Å². The number of aromatic nitrogens is 2. The fourth-order valence-corrected chi connectivity index (χ4v) is 7.20. The van der Waals surface area contributed by atoms with Gasteiger partial charge in [-0.15, -0.1) is 0 Å². The van der Waals surface area contributed by atoms with Crippen LogP contribution >= 0.6 is 0 Å². The molecule has 8 aromatic rings. The van der Waals surface area contributed by atoms with Gasteiger partial charge in [0.2, 0.25) is 0 Å². The quantitative estimate of drug-likeness (QED) is 0.110. The summed E-state index contributed by atoms with van der Waals surface area (Å²) in [4.78, 5) is 48.6. The van der Waals surface area contributed by atoms with Crippen LogP contribution in [-0.2, 0) is 26.4 Å². The van der Waals surface area contributed by atoms with Gasteiger partial charge in [0, 0.05) is 58.4 Å². The predicted molar refractivity (Wildman–Crippen MR) is 233 cm³/mol. The van der Waals surface area contributed by atoms with Crippen molar-refractivity contribution in [3.63, 3.8) is 0 Å². The fourth-order valence-electron chi connectivity index (χ4n) is 7.20. The largest absolute Gasteiger partial charge is 0.477 e. The summed E-state index contributed by atoms with van der Waals surface area (Å²) < 4.78 is 80.2. The molecule has 0 aliphatic carbocycles. The van der Waals surface area contributed by atoms with Crippen LogP contribution in [-0.4, -0.2) is 48.6 Å². The Balaban J connectivity index is 0.000000212. The number of aromatic carboxylic acids is 2. The van der Waals surface area contributed by atoms with Crippen LogP contribution in [0.4, 0.5) is 37.7 Å². The number of rotatable bonds is 8. The van der Waals surface area contributed by atoms with Crippen molar-refractivity contribution >= 4 is 56.9 Å². The number of nitrogens with one attached hydrogen (secondary N) is 2. The lowest BCUT2D eigenvalue weighted by atomic mass is 9.98. The maximum absolute atomic E-state index is 13.0. The fraction of sp³-hybridized carbons (Fsp3) is 0.0833. The van der Waals surface area contributed by atoms with E-state index >= 15 is 0 Å². The number of carboxylic acid groups (broad SMARTS) is 2. The Hall–Kier alpha value is -8.18. The highest BCUT2D eigenvalue weighted by atomic mass is 19.4. The molecule has 2 amide bonds. The Morgan fingerprint density at radius 3 is 1.14 bits per heavy atom. The number of aryl methyl sites for hydroxylation is 2. The maximum Gasteiger partial charge on any atom is 0.416 e. The average Bonchev–Trinajstić information content (AvgIpc) is 3.78. The monoisotopic (exact) mass is 894 g/mol. The van der Waals surface area contributed by atoms with Gasteiger partial charge in [0.05, 0.1) is 11.1 Å². The number of hydrogen-bond donors (Lipinski definition) is 4. The third kappa shape index (κ3) is 9.90. The molecule has 0 saturated carbocycles. The number of hydrogen-bond acceptors (Lipinski definition) is 4. The van der Waals surface area contributed by atoms with E-state index in [0.29, 0.717) is 66.6 Å². The van der Waals surface area contributed by atoms with Gasteiger partial charge < -0.3 is 35.5 Å². The predicted octanol–water partition coefficient (Wildman–Crippen LogP) is 10.8. The lowest BCUT2D eigenvalue weighted by molar-refractivity contribution is -0.138. The second kappa shape index (κ2) is 18.3. The smallest absolute Gasteiger partial charge is 0.416 e. The number of halogens is 6. The lowest BCUT2D eigenvalue weighted by Crippen LogP contribution is -2.13. The molecule has 332 valence electrons. The number of anilines is 2. The number of amides is 2. The minimum Gasteiger partial charge on any atom is -0.477 e. The second-order valence-electron chi connectivity index (χ2n) is 14.5. The normalized spacial score (nSPS) is 11.3. The first-order valence-corrected chi connectivity index (χ1v) is 19.1. The van der Waals surface area contributed by atoms with Crippen LogP contribution in [0.2, 0.25) is 0 Å². The SMILES string of the molecule is Cn1c(C(=O)O)cc2cc(NC(=O)c3ccccc3-c3ccc(C(F)(F)F)cc3)ccc21.Cn1c(C(=O)O)cc2cc(NC(=O)c3ccccc3-c3ccc(C(F)(F)F)cc3)ccc21.O. The van der Waals surface area contributed by atoms with Crippen LogP contribution in [0.15, 0.2) is 146 Å². The molecule has 0 spiro atoms. The van der Waals surface area contributed by atoms with Crippen molar-refractivity contribution in [1.82, 2.24) is 9.13 Å². The van der Waals surface area contributed by atoms with Gasteiger partial charge in [0.15, 0.2) is 0 Å². The zero-order valence-corrected chi connectivity index (χ0v) is 34.0. The highest BCUT2D eigenvalue weighted by molar-refractivity contribution is 6.10. The molecule has 2 heterocycles. The van der Waals surface area contributed by atoms with Gasteiger partial charge in [-0.25, -0.2) is 9.59 Å². The summed E-state index contributed by atoms with van der Waals surface area (Å²) >= 11 is 0. The molecular formula is C48H36F6N4O7. The Morgan fingerprint density at radius 2 is 0.815 bits per heavy atom. The Kier molecular flexibility index (Phi) is 13.0. The molecule has 8 rings (SSSR count). The van der Waals surface area contributed by atoms with E-state index in [1.807, 2.05) is 0 Å². The van der Waals surface area contributed by atoms with Crippen molar-refractivity contribution in [2.24, 2.45) is 14.1 Å². The van der Waals surface area contributed by atoms with Crippen LogP contribution in [0.3, 0.4) is 0 Å². The van der Waals surface area contributed by atoms with E-state index in [2.05, 4.69) is 10.6 Å². The zero-order valence-electron chi connectivity index (χ0n) is 34.0. The van der Waals surface area contributed by atoms with Crippen molar-refractivity contribution in [2.45, 2.75) is 12.4 Å². The number of carbonyl (C=O) groups is 4. The number of nitrogens with zero attached hydrogens (tertiary/aromatic N) is 2. The molecule has 0 bridgehead atoms. The number of alkyl halides is 6. The Morgan fingerprint density at radius 1 is 0.477 bits per heavy atom. The first-order chi connectivity index (χ1) is 30.3. The molecule has 6 N–H and O–H groups in total. The van der Waals surface area contributed by atoms with Crippen LogP contribution < -0.4 is 10.6 Å². The van der Waals surface area contributed by atoms with Crippen molar-refractivity contribution in [1.29, 1.82) is 0 Å². The molecule has 0 fully saturated rings. The van der Waals surface area contributed by atoms with Gasteiger partial charge in [0.25, 0.3) is 11.8 Å². The van der Waals surface area contributed by atoms with E-state index in [4.69, 9.17) is 0 Å². The zero-order chi connectivity index (χ0) is 46.1. The van der Waals surface area contributed by atoms with E-state index in [1.54, 1.807) is 108 Å². The molecule has 0 unspecified atom stereocenters. The third-order valence-corrected chi connectivity index (χ3v) is 10.4. The van der Waals surface area contributed by atoms with Crippen LogP contribution in [0.5, 0.6) is 0 Å². The summed E-state index contributed by atoms with van der Waals surface area (Å²) in [6.07, 6.45) is -8.88. The Labute approximate surface area is 365 Å². The van der Waals surface area contributed by atoms with E-state index in [0.717, 1.165) is 24.3 Å². The second-order valence-corrected chi connectivity index (χ2v) is 14.5. The first kappa shape index (κ1) is 46.3. The van der Waals surface area contributed by atoms with Gasteiger partial charge >= 0.3 is 24.3 Å². The summed E-state index contributed by atoms with van der Waals surface area (Å²) in [7, 11) is 3.29. The molecule has 0 saturated heterocycles. The molecular weight excluding hydrogens is 859 g/mol. The van der Waals surface area contributed by atoms with E-state index in [-0.39, 0.29) is 16.9 Å². The van der Waals surface area contributed by atoms with Crippen molar-refractivity contribution in [3.05, 3.63) is 179 Å². The van der Waals surface area contributed by atoms with Crippen molar-refractivity contribution in [3.8, 4) is 22.3 Å². The van der Waals surface area contributed by atoms with Gasteiger partial charge in [-0.3, -0.25) is 9.59 Å². The molecule has 0 radical (unpaired) electrons. The maximum atomic E-state index is 13.0. The molecule has 2 aromatic heterocycles. The minimum atomic E-state index is -4.44. The summed E-state index contributed by atoms with van der Waals surface area (Å²) in [5, 5.41) is 25.4. The third-order valence-electron chi connectivity index (χ3n) is 10.4. The highest BCUT2D eigenvalue weighted by Crippen LogP contribution is 2.34. The highest BCUT2D eigenvalue weighted by Gasteiger charge is 2.31. The van der Waals surface area contributed by atoms with Crippen molar-refractivity contribution in [2.75, 3.05) is 10.6 Å². The molecule has 0 aliphatic heterocycles. The van der Waals surface area contributed by atoms with E-state index < -0.39 is 47.2 Å². The number of carbonyl (C=O) groups excluding carboxylic acids is 2. The van der Waals surface area contributed by atoms with Gasteiger partial charge in [-0.05, 0) is 107 Å². The van der Waals surface area contributed by atoms with Gasteiger partial charge in [-0.1, -0.05) is 60.7 Å². The van der Waals surface area contributed by atoms with Crippen LogP contribution in [0, 0.1) is 0 Å². The van der Waals surface area contributed by atoms with Gasteiger partial charge in [0.1, 0.15) is 11.4 Å². The molecule has 65 heavy (non-hydrogen) atoms.